The second-order valence-electron chi connectivity index (χ2n) is 4.15. The SMILES string of the molecule is CCOC(=O)CCC(=O)CS(=O)(=O)c1c(Cl)cccc1Cl. The van der Waals surface area contributed by atoms with Gasteiger partial charge in [-0.3, -0.25) is 9.59 Å². The first kappa shape index (κ1) is 17.9. The van der Waals surface area contributed by atoms with E-state index in [1.807, 2.05) is 0 Å². The van der Waals surface area contributed by atoms with Crippen LogP contribution < -0.4 is 0 Å². The molecular formula is C13H14Cl2O5S. The number of Topliss-reactive ketones (excluding diaryl/α,β-unsaturated/α-hetero) is 1. The van der Waals surface area contributed by atoms with Crippen LogP contribution in [0, 0.1) is 0 Å². The van der Waals surface area contributed by atoms with Gasteiger partial charge in [-0.25, -0.2) is 8.42 Å². The van der Waals surface area contributed by atoms with Crippen LogP contribution in [-0.2, 0) is 24.2 Å². The van der Waals surface area contributed by atoms with Crippen molar-refractivity contribution in [1.82, 2.24) is 0 Å². The molecule has 0 spiro atoms. The molecule has 21 heavy (non-hydrogen) atoms. The number of hydrogen-bond donors (Lipinski definition) is 0. The summed E-state index contributed by atoms with van der Waals surface area (Å²) in [5, 5.41) is -0.0821. The molecule has 0 atom stereocenters. The number of carbonyl (C=O) groups excluding carboxylic acids is 2. The number of carbonyl (C=O) groups is 2. The summed E-state index contributed by atoms with van der Waals surface area (Å²) < 4.78 is 29.0. The lowest BCUT2D eigenvalue weighted by Crippen LogP contribution is -2.18. The van der Waals surface area contributed by atoms with Crippen LogP contribution in [0.2, 0.25) is 10.0 Å². The van der Waals surface area contributed by atoms with Crippen LogP contribution in [0.4, 0.5) is 0 Å². The maximum atomic E-state index is 12.1. The molecule has 0 N–H and O–H groups in total. The smallest absolute Gasteiger partial charge is 0.306 e. The summed E-state index contributed by atoms with van der Waals surface area (Å²) in [4.78, 5) is 22.5. The number of esters is 1. The van der Waals surface area contributed by atoms with E-state index < -0.39 is 27.3 Å². The first-order chi connectivity index (χ1) is 9.77. The van der Waals surface area contributed by atoms with Crippen LogP contribution in [0.15, 0.2) is 23.1 Å². The van der Waals surface area contributed by atoms with Crippen molar-refractivity contribution >= 4 is 44.8 Å². The van der Waals surface area contributed by atoms with Gasteiger partial charge in [0.2, 0.25) is 0 Å². The number of rotatable bonds is 7. The predicted molar refractivity (Wildman–Crippen MR) is 79.4 cm³/mol. The van der Waals surface area contributed by atoms with Gasteiger partial charge in [0.1, 0.15) is 16.4 Å². The molecule has 1 rings (SSSR count). The maximum absolute atomic E-state index is 12.1. The van der Waals surface area contributed by atoms with Gasteiger partial charge in [0.25, 0.3) is 0 Å². The highest BCUT2D eigenvalue weighted by Crippen LogP contribution is 2.29. The highest BCUT2D eigenvalue weighted by Gasteiger charge is 2.25. The molecule has 0 bridgehead atoms. The number of halogens is 2. The molecule has 116 valence electrons. The second kappa shape index (κ2) is 7.77. The monoisotopic (exact) mass is 352 g/mol. The third-order valence-electron chi connectivity index (χ3n) is 2.49. The van der Waals surface area contributed by atoms with Crippen molar-refractivity contribution in [2.75, 3.05) is 12.4 Å². The van der Waals surface area contributed by atoms with Crippen LogP contribution in [0.25, 0.3) is 0 Å². The van der Waals surface area contributed by atoms with Crippen molar-refractivity contribution < 1.29 is 22.7 Å². The molecule has 0 aromatic heterocycles. The van der Waals surface area contributed by atoms with Crippen molar-refractivity contribution in [3.8, 4) is 0 Å². The number of sulfone groups is 1. The van der Waals surface area contributed by atoms with E-state index in [9.17, 15) is 18.0 Å². The molecule has 8 heteroatoms. The Morgan fingerprint density at radius 1 is 1.14 bits per heavy atom. The molecule has 0 saturated carbocycles. The highest BCUT2D eigenvalue weighted by atomic mass is 35.5. The molecule has 0 amide bonds. The van der Waals surface area contributed by atoms with Gasteiger partial charge in [-0.15, -0.1) is 0 Å². The fourth-order valence-electron chi connectivity index (χ4n) is 1.61. The summed E-state index contributed by atoms with van der Waals surface area (Å²) in [7, 11) is -3.95. The first-order valence-corrected chi connectivity index (χ1v) is 8.53. The second-order valence-corrected chi connectivity index (χ2v) is 6.89. The van der Waals surface area contributed by atoms with E-state index in [1.165, 1.54) is 18.2 Å². The van der Waals surface area contributed by atoms with Gasteiger partial charge in [-0.1, -0.05) is 29.3 Å². The summed E-state index contributed by atoms with van der Waals surface area (Å²) in [5.41, 5.74) is 0. The van der Waals surface area contributed by atoms with E-state index in [1.54, 1.807) is 6.92 Å². The summed E-state index contributed by atoms with van der Waals surface area (Å²) in [5.74, 6) is -1.89. The van der Waals surface area contributed by atoms with Crippen molar-refractivity contribution in [2.45, 2.75) is 24.7 Å². The molecule has 0 aliphatic heterocycles. The fourth-order valence-corrected chi connectivity index (χ4v) is 4.16. The molecule has 0 saturated heterocycles. The van der Waals surface area contributed by atoms with Gasteiger partial charge in [-0.2, -0.15) is 0 Å². The van der Waals surface area contributed by atoms with E-state index in [4.69, 9.17) is 23.2 Å². The average Bonchev–Trinajstić information content (AvgIpc) is 2.35. The zero-order chi connectivity index (χ0) is 16.0. The zero-order valence-electron chi connectivity index (χ0n) is 11.3. The summed E-state index contributed by atoms with van der Waals surface area (Å²) >= 11 is 11.6. The third-order valence-corrected chi connectivity index (χ3v) is 5.11. The Labute approximate surface area is 133 Å². The average molecular weight is 353 g/mol. The fraction of sp³-hybridized carbons (Fsp3) is 0.385. The van der Waals surface area contributed by atoms with E-state index in [-0.39, 0.29) is 34.4 Å². The van der Waals surface area contributed by atoms with Gasteiger partial charge < -0.3 is 4.74 Å². The summed E-state index contributed by atoms with van der Waals surface area (Å²) in [6.07, 6.45) is -0.363. The van der Waals surface area contributed by atoms with Gasteiger partial charge in [0, 0.05) is 6.42 Å². The number of ether oxygens (including phenoxy) is 1. The Bertz CT molecular complexity index is 620. The standard InChI is InChI=1S/C13H14Cl2O5S/c1-2-20-12(17)7-6-9(16)8-21(18,19)13-10(14)4-3-5-11(13)15/h3-5H,2,6-8H2,1H3. The van der Waals surface area contributed by atoms with Gasteiger partial charge in [0.05, 0.1) is 23.1 Å². The van der Waals surface area contributed by atoms with Crippen LogP contribution in [-0.4, -0.2) is 32.5 Å². The van der Waals surface area contributed by atoms with E-state index >= 15 is 0 Å². The molecular weight excluding hydrogens is 339 g/mol. The number of hydrogen-bond acceptors (Lipinski definition) is 5. The van der Waals surface area contributed by atoms with E-state index in [0.717, 1.165) is 0 Å². The Morgan fingerprint density at radius 3 is 2.24 bits per heavy atom. The first-order valence-electron chi connectivity index (χ1n) is 6.12. The molecule has 0 heterocycles. The molecule has 0 unspecified atom stereocenters. The third kappa shape index (κ3) is 5.30. The molecule has 1 aromatic rings. The minimum absolute atomic E-state index is 0.0410. The quantitative estimate of drug-likeness (QED) is 0.705. The van der Waals surface area contributed by atoms with Crippen molar-refractivity contribution in [2.24, 2.45) is 0 Å². The normalized spacial score (nSPS) is 11.2. The molecule has 0 fully saturated rings. The van der Waals surface area contributed by atoms with Crippen LogP contribution in [0.1, 0.15) is 19.8 Å². The molecule has 0 aliphatic carbocycles. The lowest BCUT2D eigenvalue weighted by Gasteiger charge is -2.08. The van der Waals surface area contributed by atoms with Crippen molar-refractivity contribution in [3.63, 3.8) is 0 Å². The van der Waals surface area contributed by atoms with Crippen LogP contribution in [0.3, 0.4) is 0 Å². The van der Waals surface area contributed by atoms with Gasteiger partial charge >= 0.3 is 5.97 Å². The Morgan fingerprint density at radius 2 is 1.71 bits per heavy atom. The molecule has 0 aliphatic rings. The van der Waals surface area contributed by atoms with Crippen LogP contribution >= 0.6 is 23.2 Å². The highest BCUT2D eigenvalue weighted by molar-refractivity contribution is 7.92. The van der Waals surface area contributed by atoms with Crippen molar-refractivity contribution in [3.05, 3.63) is 28.2 Å². The zero-order valence-corrected chi connectivity index (χ0v) is 13.6. The maximum Gasteiger partial charge on any atom is 0.306 e. The minimum atomic E-state index is -3.95. The van der Waals surface area contributed by atoms with E-state index in [0.29, 0.717) is 0 Å². The summed E-state index contributed by atoms with van der Waals surface area (Å²) in [6, 6.07) is 4.26. The summed E-state index contributed by atoms with van der Waals surface area (Å²) in [6.45, 7) is 1.85. The van der Waals surface area contributed by atoms with Gasteiger partial charge in [-0.05, 0) is 19.1 Å². The topological polar surface area (TPSA) is 77.5 Å². The molecule has 1 aromatic carbocycles. The van der Waals surface area contributed by atoms with Crippen molar-refractivity contribution in [1.29, 1.82) is 0 Å². The lowest BCUT2D eigenvalue weighted by atomic mass is 10.2. The Hall–Kier alpha value is -1.11. The number of ketones is 1. The molecule has 0 radical (unpaired) electrons. The van der Waals surface area contributed by atoms with Crippen LogP contribution in [0.5, 0.6) is 0 Å². The molecule has 5 nitrogen and oxygen atoms in total. The largest absolute Gasteiger partial charge is 0.466 e. The minimum Gasteiger partial charge on any atom is -0.466 e. The Balaban J connectivity index is 2.77. The Kier molecular flexibility index (Phi) is 6.64. The predicted octanol–water partition coefficient (Wildman–Crippen LogP) is 2.68. The number of benzene rings is 1. The lowest BCUT2D eigenvalue weighted by molar-refractivity contribution is -0.144. The van der Waals surface area contributed by atoms with Gasteiger partial charge in [0.15, 0.2) is 9.84 Å². The van der Waals surface area contributed by atoms with E-state index in [2.05, 4.69) is 4.74 Å².